The van der Waals surface area contributed by atoms with Crippen LogP contribution in [0, 0.1) is 0 Å². The largest absolute Gasteiger partial charge is 0.504 e. The molecule has 0 aromatic heterocycles. The molecular weight excluding hydrogens is 440 g/mol. The highest BCUT2D eigenvalue weighted by Crippen LogP contribution is 2.53. The minimum atomic E-state index is -0.215. The van der Waals surface area contributed by atoms with Crippen molar-refractivity contribution in [2.24, 2.45) is 0 Å². The molecule has 0 spiro atoms. The van der Waals surface area contributed by atoms with Crippen molar-refractivity contribution in [3.63, 3.8) is 0 Å². The molecule has 204 valence electrons. The lowest BCUT2D eigenvalue weighted by molar-refractivity contribution is 0.223. The zero-order valence-electron chi connectivity index (χ0n) is 23.3. The van der Waals surface area contributed by atoms with Crippen LogP contribution in [0.1, 0.15) is 136 Å². The monoisotopic (exact) mass is 494 g/mol. The summed E-state index contributed by atoms with van der Waals surface area (Å²) in [5.41, 5.74) is 0.649. The summed E-state index contributed by atoms with van der Waals surface area (Å²) in [5.74, 6) is 0.927. The fourth-order valence-corrected chi connectivity index (χ4v) is 4.19. The number of hydrogen-bond donors (Lipinski definition) is 2. The van der Waals surface area contributed by atoms with Gasteiger partial charge in [-0.25, -0.2) is 0 Å². The van der Waals surface area contributed by atoms with E-state index in [2.05, 4.69) is 27.7 Å². The maximum atomic E-state index is 11.0. The van der Waals surface area contributed by atoms with E-state index >= 15 is 0 Å². The highest BCUT2D eigenvalue weighted by atomic mass is 16.5. The molecule has 0 amide bonds. The summed E-state index contributed by atoms with van der Waals surface area (Å²) in [4.78, 5) is 0. The second-order valence-electron chi connectivity index (χ2n) is 9.70. The first-order valence-corrected chi connectivity index (χ1v) is 14.6. The lowest BCUT2D eigenvalue weighted by Gasteiger charge is -2.22. The Hall–Kier alpha value is -1.78. The number of phenolic OH excluding ortho intramolecular Hbond substituents is 2. The summed E-state index contributed by atoms with van der Waals surface area (Å²) >= 11 is 0. The fraction of sp³-hybridized carbons (Fsp3) is 0.800. The summed E-state index contributed by atoms with van der Waals surface area (Å²) in [7, 11) is 0. The Morgan fingerprint density at radius 3 is 1.29 bits per heavy atom. The molecule has 0 saturated carbocycles. The Morgan fingerprint density at radius 2 is 0.829 bits per heavy atom. The molecule has 1 rings (SSSR count). The van der Waals surface area contributed by atoms with Crippen LogP contribution in [0.2, 0.25) is 0 Å². The second-order valence-corrected chi connectivity index (χ2v) is 9.70. The topological polar surface area (TPSA) is 68.2 Å². The SMILES string of the molecule is CCCCCCOc1c(O)c(O)c(CCCCCC)c(OCCCCCC)c1OCCCCCC. The normalized spacial score (nSPS) is 11.1. The number of benzene rings is 1. The lowest BCUT2D eigenvalue weighted by atomic mass is 10.0. The van der Waals surface area contributed by atoms with Gasteiger partial charge in [-0.15, -0.1) is 0 Å². The van der Waals surface area contributed by atoms with Crippen molar-refractivity contribution >= 4 is 0 Å². The quantitative estimate of drug-likeness (QED) is 0.117. The van der Waals surface area contributed by atoms with Gasteiger partial charge in [-0.1, -0.05) is 105 Å². The molecule has 5 nitrogen and oxygen atoms in total. The van der Waals surface area contributed by atoms with E-state index in [9.17, 15) is 10.2 Å². The van der Waals surface area contributed by atoms with Crippen molar-refractivity contribution in [3.05, 3.63) is 5.56 Å². The number of aromatic hydroxyl groups is 2. The smallest absolute Gasteiger partial charge is 0.211 e. The molecule has 0 bridgehead atoms. The Morgan fingerprint density at radius 1 is 0.429 bits per heavy atom. The molecule has 0 fully saturated rings. The van der Waals surface area contributed by atoms with Crippen molar-refractivity contribution in [2.75, 3.05) is 19.8 Å². The van der Waals surface area contributed by atoms with Crippen LogP contribution in [-0.2, 0) is 6.42 Å². The molecule has 0 aliphatic heterocycles. The molecule has 1 aromatic carbocycles. The van der Waals surface area contributed by atoms with Gasteiger partial charge in [0, 0.05) is 5.56 Å². The van der Waals surface area contributed by atoms with Gasteiger partial charge in [0.2, 0.25) is 17.2 Å². The van der Waals surface area contributed by atoms with E-state index in [0.29, 0.717) is 43.3 Å². The molecule has 2 N–H and O–H groups in total. The number of rotatable bonds is 23. The van der Waals surface area contributed by atoms with Crippen LogP contribution >= 0.6 is 0 Å². The van der Waals surface area contributed by atoms with E-state index in [1.54, 1.807) is 0 Å². The standard InChI is InChI=1S/C30H54O5/c1-5-9-13-17-21-25-26(31)27(32)29(34-23-19-15-11-7-3)30(35-24-20-16-12-8-4)28(25)33-22-18-14-10-6-2/h31-32H,5-24H2,1-4H3. The summed E-state index contributed by atoms with van der Waals surface area (Å²) in [5, 5.41) is 22.0. The average Bonchev–Trinajstić information content (AvgIpc) is 2.86. The fourth-order valence-electron chi connectivity index (χ4n) is 4.19. The van der Waals surface area contributed by atoms with Crippen molar-refractivity contribution in [3.8, 4) is 28.7 Å². The van der Waals surface area contributed by atoms with E-state index in [0.717, 1.165) is 77.0 Å². The second kappa shape index (κ2) is 20.4. The van der Waals surface area contributed by atoms with Gasteiger partial charge < -0.3 is 24.4 Å². The molecule has 35 heavy (non-hydrogen) atoms. The molecule has 0 heterocycles. The number of phenols is 2. The van der Waals surface area contributed by atoms with Gasteiger partial charge in [-0.2, -0.15) is 0 Å². The minimum Gasteiger partial charge on any atom is -0.504 e. The van der Waals surface area contributed by atoms with E-state index < -0.39 is 0 Å². The van der Waals surface area contributed by atoms with Crippen molar-refractivity contribution < 1.29 is 24.4 Å². The molecule has 5 heteroatoms. The number of unbranched alkanes of at least 4 members (excludes halogenated alkanes) is 12. The third-order valence-corrected chi connectivity index (χ3v) is 6.42. The molecule has 0 saturated heterocycles. The van der Waals surface area contributed by atoms with Gasteiger partial charge in [0.05, 0.1) is 19.8 Å². The predicted octanol–water partition coefficient (Wildman–Crippen LogP) is 9.10. The Kier molecular flexibility index (Phi) is 18.2. The highest BCUT2D eigenvalue weighted by Gasteiger charge is 2.27. The van der Waals surface area contributed by atoms with Crippen LogP contribution in [0.15, 0.2) is 0 Å². The summed E-state index contributed by atoms with van der Waals surface area (Å²) in [6.07, 6.45) is 18.0. The first-order valence-electron chi connectivity index (χ1n) is 14.6. The van der Waals surface area contributed by atoms with Gasteiger partial charge in [-0.3, -0.25) is 0 Å². The number of hydrogen-bond acceptors (Lipinski definition) is 5. The van der Waals surface area contributed by atoms with Crippen LogP contribution in [0.4, 0.5) is 0 Å². The van der Waals surface area contributed by atoms with Crippen LogP contribution in [0.25, 0.3) is 0 Å². The predicted molar refractivity (Wildman–Crippen MR) is 147 cm³/mol. The Labute approximate surface area is 215 Å². The van der Waals surface area contributed by atoms with Gasteiger partial charge >= 0.3 is 0 Å². The van der Waals surface area contributed by atoms with Gasteiger partial charge in [0.15, 0.2) is 11.5 Å². The van der Waals surface area contributed by atoms with Crippen LogP contribution in [0.5, 0.6) is 28.7 Å². The molecule has 1 aromatic rings. The van der Waals surface area contributed by atoms with Crippen LogP contribution in [0.3, 0.4) is 0 Å². The Balaban J connectivity index is 3.21. The van der Waals surface area contributed by atoms with Crippen LogP contribution < -0.4 is 14.2 Å². The third kappa shape index (κ3) is 12.1. The van der Waals surface area contributed by atoms with Gasteiger partial charge in [-0.05, 0) is 32.1 Å². The van der Waals surface area contributed by atoms with E-state index in [1.807, 2.05) is 0 Å². The molecular formula is C30H54O5. The number of ether oxygens (including phenoxy) is 3. The summed E-state index contributed by atoms with van der Waals surface area (Å²) < 4.78 is 18.6. The van der Waals surface area contributed by atoms with E-state index in [-0.39, 0.29) is 17.2 Å². The minimum absolute atomic E-state index is 0.119. The van der Waals surface area contributed by atoms with Crippen molar-refractivity contribution in [1.29, 1.82) is 0 Å². The molecule has 0 aliphatic carbocycles. The summed E-state index contributed by atoms with van der Waals surface area (Å²) in [6.45, 7) is 10.3. The molecule has 0 radical (unpaired) electrons. The highest BCUT2D eigenvalue weighted by molar-refractivity contribution is 5.69. The average molecular weight is 495 g/mol. The first kappa shape index (κ1) is 31.3. The van der Waals surface area contributed by atoms with Crippen LogP contribution in [-0.4, -0.2) is 30.0 Å². The van der Waals surface area contributed by atoms with Crippen molar-refractivity contribution in [1.82, 2.24) is 0 Å². The molecule has 0 aliphatic rings. The first-order chi connectivity index (χ1) is 17.1. The van der Waals surface area contributed by atoms with Gasteiger partial charge in [0.1, 0.15) is 0 Å². The molecule has 0 atom stereocenters. The third-order valence-electron chi connectivity index (χ3n) is 6.42. The summed E-state index contributed by atoms with van der Waals surface area (Å²) in [6, 6.07) is 0. The van der Waals surface area contributed by atoms with Gasteiger partial charge in [0.25, 0.3) is 0 Å². The lowest BCUT2D eigenvalue weighted by Crippen LogP contribution is -2.09. The maximum absolute atomic E-state index is 11.0. The zero-order valence-corrected chi connectivity index (χ0v) is 23.3. The van der Waals surface area contributed by atoms with E-state index in [4.69, 9.17) is 14.2 Å². The zero-order chi connectivity index (χ0) is 25.7. The van der Waals surface area contributed by atoms with Crippen molar-refractivity contribution in [2.45, 2.75) is 137 Å². The maximum Gasteiger partial charge on any atom is 0.211 e. The Bertz CT molecular complexity index is 659. The molecule has 0 unspecified atom stereocenters. The van der Waals surface area contributed by atoms with E-state index in [1.165, 1.54) is 25.7 Å².